The van der Waals surface area contributed by atoms with Gasteiger partial charge in [0.25, 0.3) is 5.56 Å². The van der Waals surface area contributed by atoms with E-state index in [1.54, 1.807) is 0 Å². The van der Waals surface area contributed by atoms with Crippen molar-refractivity contribution in [3.05, 3.63) is 69.0 Å². The van der Waals surface area contributed by atoms with Gasteiger partial charge in [0.1, 0.15) is 12.5 Å². The third-order valence-corrected chi connectivity index (χ3v) is 5.97. The molecule has 0 atom stereocenters. The third kappa shape index (κ3) is 4.59. The lowest BCUT2D eigenvalue weighted by molar-refractivity contribution is 0.112. The molecule has 0 N–H and O–H groups in total. The Kier molecular flexibility index (Phi) is 6.27. The molecule has 8 heteroatoms. The van der Waals surface area contributed by atoms with Crippen LogP contribution < -0.4 is 16.1 Å². The standard InChI is InChI=1S/C23H27N5O3/c1-25-22(30)16-24-28(23(25)31)10-3-2-9-26-11-13-27(14-12-26)21-6-4-5-19-8-7-18(17-29)15-20(19)21/h4-8,15-17H,2-3,9-14H2,1H3. The predicted molar refractivity (Wildman–Crippen MR) is 121 cm³/mol. The van der Waals surface area contributed by atoms with E-state index >= 15 is 0 Å². The second kappa shape index (κ2) is 9.26. The molecule has 1 saturated heterocycles. The molecule has 0 saturated carbocycles. The number of fused-ring (bicyclic) bond motifs is 1. The van der Waals surface area contributed by atoms with E-state index in [0.717, 1.165) is 67.2 Å². The number of carbonyl (C=O) groups excluding carboxylic acids is 1. The molecule has 0 bridgehead atoms. The first-order valence-electron chi connectivity index (χ1n) is 10.7. The van der Waals surface area contributed by atoms with Crippen molar-refractivity contribution in [2.24, 2.45) is 7.05 Å². The van der Waals surface area contributed by atoms with Crippen molar-refractivity contribution in [3.8, 4) is 0 Å². The topological polar surface area (TPSA) is 80.4 Å². The van der Waals surface area contributed by atoms with Crippen LogP contribution in [0.25, 0.3) is 10.8 Å². The van der Waals surface area contributed by atoms with Gasteiger partial charge in [-0.25, -0.2) is 9.48 Å². The van der Waals surface area contributed by atoms with E-state index in [-0.39, 0.29) is 11.2 Å². The number of rotatable bonds is 7. The maximum Gasteiger partial charge on any atom is 0.347 e. The van der Waals surface area contributed by atoms with Crippen molar-refractivity contribution in [1.29, 1.82) is 0 Å². The SMILES string of the molecule is Cn1c(=O)cnn(CCCCN2CCN(c3cccc4ccc(C=O)cc34)CC2)c1=O. The summed E-state index contributed by atoms with van der Waals surface area (Å²) in [6.07, 6.45) is 3.88. The van der Waals surface area contributed by atoms with Gasteiger partial charge in [-0.05, 0) is 36.9 Å². The van der Waals surface area contributed by atoms with Crippen LogP contribution in [0.5, 0.6) is 0 Å². The van der Waals surface area contributed by atoms with Gasteiger partial charge < -0.3 is 4.90 Å². The van der Waals surface area contributed by atoms with Gasteiger partial charge in [-0.1, -0.05) is 24.3 Å². The van der Waals surface area contributed by atoms with Crippen LogP contribution in [0, 0.1) is 0 Å². The Labute approximate surface area is 180 Å². The quantitative estimate of drug-likeness (QED) is 0.425. The molecule has 1 fully saturated rings. The highest BCUT2D eigenvalue weighted by Crippen LogP contribution is 2.28. The molecule has 31 heavy (non-hydrogen) atoms. The predicted octanol–water partition coefficient (Wildman–Crippen LogP) is 1.51. The molecular weight excluding hydrogens is 394 g/mol. The zero-order chi connectivity index (χ0) is 21.8. The highest BCUT2D eigenvalue weighted by Gasteiger charge is 2.18. The molecule has 162 valence electrons. The summed E-state index contributed by atoms with van der Waals surface area (Å²) in [5.41, 5.74) is 1.13. The molecule has 0 aliphatic carbocycles. The Hall–Kier alpha value is -3.26. The smallest absolute Gasteiger partial charge is 0.347 e. The van der Waals surface area contributed by atoms with E-state index in [1.807, 2.05) is 18.2 Å². The van der Waals surface area contributed by atoms with E-state index in [4.69, 9.17) is 0 Å². The number of anilines is 1. The summed E-state index contributed by atoms with van der Waals surface area (Å²) in [5.74, 6) is 0. The number of aldehydes is 1. The molecule has 1 aliphatic heterocycles. The maximum atomic E-state index is 12.0. The molecule has 1 aliphatic rings. The molecule has 2 aromatic carbocycles. The first kappa shape index (κ1) is 21.0. The van der Waals surface area contributed by atoms with E-state index in [0.29, 0.717) is 12.1 Å². The molecule has 0 amide bonds. The van der Waals surface area contributed by atoms with E-state index < -0.39 is 0 Å². The first-order chi connectivity index (χ1) is 15.1. The van der Waals surface area contributed by atoms with Crippen LogP contribution in [0.15, 0.2) is 52.2 Å². The van der Waals surface area contributed by atoms with Gasteiger partial charge in [-0.15, -0.1) is 0 Å². The zero-order valence-electron chi connectivity index (χ0n) is 17.7. The molecule has 1 aromatic heterocycles. The molecule has 0 unspecified atom stereocenters. The molecule has 3 aromatic rings. The summed E-state index contributed by atoms with van der Waals surface area (Å²) in [6.45, 7) is 5.31. The average molecular weight is 422 g/mol. The molecule has 4 rings (SSSR count). The van der Waals surface area contributed by atoms with Crippen molar-refractivity contribution < 1.29 is 4.79 Å². The van der Waals surface area contributed by atoms with Crippen LogP contribution >= 0.6 is 0 Å². The third-order valence-electron chi connectivity index (χ3n) is 5.97. The molecule has 2 heterocycles. The van der Waals surface area contributed by atoms with E-state index in [1.165, 1.54) is 23.6 Å². The van der Waals surface area contributed by atoms with Crippen LogP contribution in [0.3, 0.4) is 0 Å². The van der Waals surface area contributed by atoms with Crippen LogP contribution in [0.4, 0.5) is 5.69 Å². The number of benzene rings is 2. The van der Waals surface area contributed by atoms with Crippen molar-refractivity contribution in [3.63, 3.8) is 0 Å². The second-order valence-corrected chi connectivity index (χ2v) is 7.96. The first-order valence-corrected chi connectivity index (χ1v) is 10.7. The lowest BCUT2D eigenvalue weighted by Gasteiger charge is -2.36. The fourth-order valence-corrected chi connectivity index (χ4v) is 4.11. The summed E-state index contributed by atoms with van der Waals surface area (Å²) in [7, 11) is 1.47. The fraction of sp³-hybridized carbons (Fsp3) is 0.391. The summed E-state index contributed by atoms with van der Waals surface area (Å²) in [5, 5.41) is 6.20. The van der Waals surface area contributed by atoms with Crippen LogP contribution in [-0.4, -0.2) is 58.3 Å². The van der Waals surface area contributed by atoms with Crippen molar-refractivity contribution >= 4 is 22.7 Å². The molecular formula is C23H27N5O3. The summed E-state index contributed by atoms with van der Waals surface area (Å²) >= 11 is 0. The van der Waals surface area contributed by atoms with Gasteiger partial charge in [0.05, 0.1) is 0 Å². The van der Waals surface area contributed by atoms with Gasteiger partial charge in [-0.3, -0.25) is 19.1 Å². The van der Waals surface area contributed by atoms with Gasteiger partial charge in [-0.2, -0.15) is 5.10 Å². The number of piperazine rings is 1. The zero-order valence-corrected chi connectivity index (χ0v) is 17.7. The Morgan fingerprint density at radius 1 is 1.00 bits per heavy atom. The van der Waals surface area contributed by atoms with Gasteiger partial charge in [0.15, 0.2) is 0 Å². The monoisotopic (exact) mass is 421 g/mol. The lowest BCUT2D eigenvalue weighted by atomic mass is 10.0. The Bertz CT molecular complexity index is 1190. The second-order valence-electron chi connectivity index (χ2n) is 7.96. The number of hydrogen-bond acceptors (Lipinski definition) is 6. The Balaban J connectivity index is 1.30. The maximum absolute atomic E-state index is 12.0. The number of aromatic nitrogens is 3. The minimum atomic E-state index is -0.382. The normalized spacial score (nSPS) is 14.8. The van der Waals surface area contributed by atoms with Crippen molar-refractivity contribution in [2.45, 2.75) is 19.4 Å². The van der Waals surface area contributed by atoms with Gasteiger partial charge in [0.2, 0.25) is 0 Å². The van der Waals surface area contributed by atoms with Gasteiger partial charge in [0, 0.05) is 56.4 Å². The van der Waals surface area contributed by atoms with Crippen LogP contribution in [0.1, 0.15) is 23.2 Å². The molecule has 0 radical (unpaired) electrons. The van der Waals surface area contributed by atoms with Crippen molar-refractivity contribution in [1.82, 2.24) is 19.2 Å². The number of hydrogen-bond donors (Lipinski definition) is 0. The Morgan fingerprint density at radius 3 is 2.55 bits per heavy atom. The molecule has 8 nitrogen and oxygen atoms in total. The number of nitrogens with zero attached hydrogens (tertiary/aromatic N) is 5. The summed E-state index contributed by atoms with van der Waals surface area (Å²) in [4.78, 5) is 39.5. The summed E-state index contributed by atoms with van der Waals surface area (Å²) in [6, 6.07) is 12.1. The highest BCUT2D eigenvalue weighted by molar-refractivity contribution is 5.97. The van der Waals surface area contributed by atoms with Crippen LogP contribution in [0.2, 0.25) is 0 Å². The Morgan fingerprint density at radius 2 is 1.77 bits per heavy atom. The van der Waals surface area contributed by atoms with Crippen LogP contribution in [-0.2, 0) is 13.6 Å². The average Bonchev–Trinajstić information content (AvgIpc) is 2.81. The van der Waals surface area contributed by atoms with Crippen molar-refractivity contribution in [2.75, 3.05) is 37.6 Å². The highest BCUT2D eigenvalue weighted by atomic mass is 16.2. The minimum Gasteiger partial charge on any atom is -0.368 e. The van der Waals surface area contributed by atoms with Gasteiger partial charge >= 0.3 is 5.69 Å². The van der Waals surface area contributed by atoms with E-state index in [9.17, 15) is 14.4 Å². The largest absolute Gasteiger partial charge is 0.368 e. The molecule has 0 spiro atoms. The number of unbranched alkanes of at least 4 members (excludes halogenated alkanes) is 1. The summed E-state index contributed by atoms with van der Waals surface area (Å²) < 4.78 is 2.44. The number of carbonyl (C=O) groups is 1. The minimum absolute atomic E-state index is 0.367. The fourth-order valence-electron chi connectivity index (χ4n) is 4.11. The number of aryl methyl sites for hydroxylation is 1. The van der Waals surface area contributed by atoms with E-state index in [2.05, 4.69) is 33.1 Å². The lowest BCUT2D eigenvalue weighted by Crippen LogP contribution is -2.46.